The van der Waals surface area contributed by atoms with Crippen LogP contribution in [0.2, 0.25) is 0 Å². The Hall–Kier alpha value is -2.63. The molecule has 4 nitrogen and oxygen atoms in total. The molecule has 0 aliphatic heterocycles. The van der Waals surface area contributed by atoms with Gasteiger partial charge in [0.25, 0.3) is 0 Å². The van der Waals surface area contributed by atoms with Crippen LogP contribution >= 0.6 is 0 Å². The van der Waals surface area contributed by atoms with E-state index in [4.69, 9.17) is 5.73 Å². The number of hydrogen-bond acceptors (Lipinski definition) is 3. The molecule has 1 unspecified atom stereocenters. The second-order valence-corrected chi connectivity index (χ2v) is 7.05. The monoisotopic (exact) mass is 358 g/mol. The van der Waals surface area contributed by atoms with Crippen LogP contribution in [0, 0.1) is 11.2 Å². The first-order valence-corrected chi connectivity index (χ1v) is 8.49. The van der Waals surface area contributed by atoms with E-state index in [1.807, 2.05) is 27.7 Å². The van der Waals surface area contributed by atoms with Gasteiger partial charge in [-0.25, -0.2) is 8.78 Å². The number of nitrogens with zero attached hydrogens (tertiary/aromatic N) is 3. The first kappa shape index (κ1) is 19.7. The summed E-state index contributed by atoms with van der Waals surface area (Å²) in [5.41, 5.74) is 6.78. The first-order chi connectivity index (χ1) is 12.2. The third-order valence-electron chi connectivity index (χ3n) is 3.93. The zero-order valence-corrected chi connectivity index (χ0v) is 15.5. The number of amidine groups is 1. The van der Waals surface area contributed by atoms with Crippen LogP contribution in [-0.2, 0) is 0 Å². The molecule has 2 aromatic rings. The van der Waals surface area contributed by atoms with E-state index in [0.29, 0.717) is 23.4 Å². The molecule has 0 saturated carbocycles. The van der Waals surface area contributed by atoms with E-state index in [9.17, 15) is 8.78 Å². The zero-order chi connectivity index (χ0) is 19.3. The second kappa shape index (κ2) is 8.17. The Balaban J connectivity index is 2.40. The normalized spacial score (nSPS) is 14.4. The minimum atomic E-state index is -0.540. The Morgan fingerprint density at radius 1 is 1.31 bits per heavy atom. The Morgan fingerprint density at radius 2 is 2.04 bits per heavy atom. The summed E-state index contributed by atoms with van der Waals surface area (Å²) in [4.78, 5) is 12.2. The van der Waals surface area contributed by atoms with Crippen LogP contribution in [0.4, 0.5) is 8.78 Å². The molecule has 0 radical (unpaired) electrons. The number of benzene rings is 1. The summed E-state index contributed by atoms with van der Waals surface area (Å²) in [5, 5.41) is 0. The molecule has 2 rings (SSSR count). The van der Waals surface area contributed by atoms with Gasteiger partial charge in [0.2, 0.25) is 0 Å². The molecule has 0 aliphatic rings. The highest BCUT2D eigenvalue weighted by Crippen LogP contribution is 2.28. The standard InChI is InChI=1S/C20H24F2N4/c1-5-17(26-19(23)20(2,3)4)14-10-13(6-7-15(14)21)11-16(22)18-12-24-8-9-25-18/h6-12,17H,5H2,1-4H3,(H2,23,26)/b16-11-. The average Bonchev–Trinajstić information content (AvgIpc) is 2.61. The third kappa shape index (κ3) is 4.94. The van der Waals surface area contributed by atoms with Gasteiger partial charge in [0, 0.05) is 23.4 Å². The first-order valence-electron chi connectivity index (χ1n) is 8.49. The van der Waals surface area contributed by atoms with Crippen molar-refractivity contribution in [3.63, 3.8) is 0 Å². The largest absolute Gasteiger partial charge is 0.387 e. The van der Waals surface area contributed by atoms with E-state index in [0.717, 1.165) is 0 Å². The number of hydrogen-bond donors (Lipinski definition) is 1. The van der Waals surface area contributed by atoms with E-state index in [1.165, 1.54) is 36.8 Å². The molecule has 1 heterocycles. The molecule has 0 aliphatic carbocycles. The fourth-order valence-electron chi connectivity index (χ4n) is 2.29. The van der Waals surface area contributed by atoms with Crippen molar-refractivity contribution in [2.45, 2.75) is 40.2 Å². The third-order valence-corrected chi connectivity index (χ3v) is 3.93. The lowest BCUT2D eigenvalue weighted by molar-refractivity contribution is 0.551. The van der Waals surface area contributed by atoms with E-state index in [1.54, 1.807) is 6.07 Å². The summed E-state index contributed by atoms with van der Waals surface area (Å²) in [6.07, 6.45) is 6.09. The van der Waals surface area contributed by atoms with E-state index < -0.39 is 11.9 Å². The van der Waals surface area contributed by atoms with Crippen molar-refractivity contribution in [1.29, 1.82) is 0 Å². The molecule has 0 amide bonds. The smallest absolute Gasteiger partial charge is 0.150 e. The number of aliphatic imine (C=N–C) groups is 1. The number of aromatic nitrogens is 2. The molecule has 0 spiro atoms. The lowest BCUT2D eigenvalue weighted by Crippen LogP contribution is -2.29. The fourth-order valence-corrected chi connectivity index (χ4v) is 2.29. The van der Waals surface area contributed by atoms with E-state index in [2.05, 4.69) is 15.0 Å². The molecule has 0 saturated heterocycles. The van der Waals surface area contributed by atoms with E-state index >= 15 is 0 Å². The zero-order valence-electron chi connectivity index (χ0n) is 15.5. The van der Waals surface area contributed by atoms with Crippen molar-refractivity contribution in [3.8, 4) is 0 Å². The van der Waals surface area contributed by atoms with Crippen molar-refractivity contribution in [2.24, 2.45) is 16.1 Å². The highest BCUT2D eigenvalue weighted by atomic mass is 19.1. The highest BCUT2D eigenvalue weighted by Gasteiger charge is 2.20. The lowest BCUT2D eigenvalue weighted by atomic mass is 9.94. The molecule has 1 atom stereocenters. The molecule has 26 heavy (non-hydrogen) atoms. The van der Waals surface area contributed by atoms with Crippen molar-refractivity contribution in [3.05, 3.63) is 59.4 Å². The van der Waals surface area contributed by atoms with Crippen LogP contribution in [-0.4, -0.2) is 15.8 Å². The molecular formula is C20H24F2N4. The predicted octanol–water partition coefficient (Wildman–Crippen LogP) is 4.94. The lowest BCUT2D eigenvalue weighted by Gasteiger charge is -2.21. The number of halogens is 2. The number of nitrogens with two attached hydrogens (primary N) is 1. The quantitative estimate of drug-likeness (QED) is 0.608. The van der Waals surface area contributed by atoms with Crippen molar-refractivity contribution < 1.29 is 8.78 Å². The predicted molar refractivity (Wildman–Crippen MR) is 102 cm³/mol. The van der Waals surface area contributed by atoms with Crippen LogP contribution in [0.1, 0.15) is 57.0 Å². The van der Waals surface area contributed by atoms with Gasteiger partial charge in [0.05, 0.1) is 18.1 Å². The van der Waals surface area contributed by atoms with Crippen LogP contribution in [0.5, 0.6) is 0 Å². The van der Waals surface area contributed by atoms with Gasteiger partial charge in [0.15, 0.2) is 5.83 Å². The SMILES string of the molecule is CCC(N=C(N)C(C)(C)C)c1cc(/C=C(\F)c2cnccn2)ccc1F. The van der Waals surface area contributed by atoms with Crippen LogP contribution in [0.15, 0.2) is 41.8 Å². The Morgan fingerprint density at radius 3 is 2.62 bits per heavy atom. The molecule has 2 N–H and O–H groups in total. The molecule has 0 fully saturated rings. The van der Waals surface area contributed by atoms with Gasteiger partial charge in [-0.2, -0.15) is 0 Å². The maximum absolute atomic E-state index is 14.4. The van der Waals surface area contributed by atoms with Crippen LogP contribution < -0.4 is 5.73 Å². The van der Waals surface area contributed by atoms with Gasteiger partial charge in [-0.3, -0.25) is 15.0 Å². The highest BCUT2D eigenvalue weighted by molar-refractivity contribution is 5.85. The molecule has 6 heteroatoms. The Kier molecular flexibility index (Phi) is 6.18. The molecule has 138 valence electrons. The van der Waals surface area contributed by atoms with Crippen LogP contribution in [0.25, 0.3) is 11.9 Å². The van der Waals surface area contributed by atoms with Gasteiger partial charge in [-0.1, -0.05) is 33.8 Å². The van der Waals surface area contributed by atoms with E-state index in [-0.39, 0.29) is 16.9 Å². The summed E-state index contributed by atoms with van der Waals surface area (Å²) in [6, 6.07) is 4.00. The molecule has 1 aromatic carbocycles. The minimum Gasteiger partial charge on any atom is -0.387 e. The van der Waals surface area contributed by atoms with Gasteiger partial charge in [-0.05, 0) is 30.2 Å². The maximum atomic E-state index is 14.4. The molecule has 0 bridgehead atoms. The minimum absolute atomic E-state index is 0.125. The van der Waals surface area contributed by atoms with Crippen LogP contribution in [0.3, 0.4) is 0 Å². The molecular weight excluding hydrogens is 334 g/mol. The van der Waals surface area contributed by atoms with Gasteiger partial charge < -0.3 is 5.73 Å². The van der Waals surface area contributed by atoms with Gasteiger partial charge in [-0.15, -0.1) is 0 Å². The summed E-state index contributed by atoms with van der Waals surface area (Å²) in [7, 11) is 0. The van der Waals surface area contributed by atoms with Crippen molar-refractivity contribution in [1.82, 2.24) is 9.97 Å². The average molecular weight is 358 g/mol. The number of rotatable bonds is 5. The topological polar surface area (TPSA) is 64.2 Å². The summed E-state index contributed by atoms with van der Waals surface area (Å²) < 4.78 is 28.7. The Bertz CT molecular complexity index is 808. The summed E-state index contributed by atoms with van der Waals surface area (Å²) in [5.74, 6) is -0.476. The summed E-state index contributed by atoms with van der Waals surface area (Å²) >= 11 is 0. The second-order valence-electron chi connectivity index (χ2n) is 7.05. The molecule has 1 aromatic heterocycles. The Labute approximate surface area is 152 Å². The van der Waals surface area contributed by atoms with Gasteiger partial charge >= 0.3 is 0 Å². The summed E-state index contributed by atoms with van der Waals surface area (Å²) in [6.45, 7) is 7.76. The maximum Gasteiger partial charge on any atom is 0.150 e. The fraction of sp³-hybridized carbons (Fsp3) is 0.350. The van der Waals surface area contributed by atoms with Crippen molar-refractivity contribution >= 4 is 17.7 Å². The van der Waals surface area contributed by atoms with Crippen molar-refractivity contribution in [2.75, 3.05) is 0 Å². The van der Waals surface area contributed by atoms with Gasteiger partial charge in [0.1, 0.15) is 11.5 Å².